The van der Waals surface area contributed by atoms with E-state index in [4.69, 9.17) is 28.5 Å². The standard InChI is InChI=1S/C14H7BrCl2N2O/c15-9-1-4-13(8(5-9)7-18)19-14(20)11-3-2-10(16)6-12(11)17/h1-6H,(H,19,20). The summed E-state index contributed by atoms with van der Waals surface area (Å²) in [7, 11) is 0. The predicted octanol–water partition coefficient (Wildman–Crippen LogP) is 4.88. The number of nitrogens with zero attached hydrogens (tertiary/aromatic N) is 1. The van der Waals surface area contributed by atoms with Crippen LogP contribution in [0.3, 0.4) is 0 Å². The molecule has 6 heteroatoms. The summed E-state index contributed by atoms with van der Waals surface area (Å²) in [5.74, 6) is -0.398. The van der Waals surface area contributed by atoms with Crippen molar-refractivity contribution in [1.82, 2.24) is 0 Å². The van der Waals surface area contributed by atoms with Crippen LogP contribution < -0.4 is 5.32 Å². The maximum absolute atomic E-state index is 12.1. The van der Waals surface area contributed by atoms with E-state index in [2.05, 4.69) is 21.2 Å². The second kappa shape index (κ2) is 6.27. The number of rotatable bonds is 2. The zero-order valence-corrected chi connectivity index (χ0v) is 13.1. The largest absolute Gasteiger partial charge is 0.321 e. The first kappa shape index (κ1) is 14.9. The van der Waals surface area contributed by atoms with Crippen molar-refractivity contribution in [3.05, 3.63) is 62.0 Å². The number of benzene rings is 2. The van der Waals surface area contributed by atoms with Gasteiger partial charge in [-0.05, 0) is 36.4 Å². The highest BCUT2D eigenvalue weighted by Gasteiger charge is 2.13. The Morgan fingerprint density at radius 3 is 2.60 bits per heavy atom. The van der Waals surface area contributed by atoms with Gasteiger partial charge in [0.25, 0.3) is 5.91 Å². The van der Waals surface area contributed by atoms with Gasteiger partial charge in [-0.3, -0.25) is 4.79 Å². The molecule has 2 rings (SSSR count). The molecule has 0 heterocycles. The first-order valence-electron chi connectivity index (χ1n) is 5.47. The molecule has 0 atom stereocenters. The van der Waals surface area contributed by atoms with E-state index in [1.54, 1.807) is 24.3 Å². The summed E-state index contributed by atoms with van der Waals surface area (Å²) in [6.45, 7) is 0. The van der Waals surface area contributed by atoms with Gasteiger partial charge in [-0.15, -0.1) is 0 Å². The summed E-state index contributed by atoms with van der Waals surface area (Å²) in [5, 5.41) is 12.4. The highest BCUT2D eigenvalue weighted by Crippen LogP contribution is 2.24. The first-order chi connectivity index (χ1) is 9.51. The minimum atomic E-state index is -0.398. The Hall–Kier alpha value is -1.54. The summed E-state index contributed by atoms with van der Waals surface area (Å²) < 4.78 is 0.761. The van der Waals surface area contributed by atoms with E-state index >= 15 is 0 Å². The highest BCUT2D eigenvalue weighted by atomic mass is 79.9. The van der Waals surface area contributed by atoms with Gasteiger partial charge in [0.05, 0.1) is 21.8 Å². The van der Waals surface area contributed by atoms with Crippen molar-refractivity contribution in [1.29, 1.82) is 5.26 Å². The van der Waals surface area contributed by atoms with Crippen LogP contribution in [-0.4, -0.2) is 5.91 Å². The molecule has 0 aliphatic carbocycles. The molecule has 20 heavy (non-hydrogen) atoms. The van der Waals surface area contributed by atoms with Crippen LogP contribution >= 0.6 is 39.1 Å². The number of nitrogens with one attached hydrogen (secondary N) is 1. The van der Waals surface area contributed by atoms with Crippen LogP contribution in [0.5, 0.6) is 0 Å². The van der Waals surface area contributed by atoms with Crippen LogP contribution in [-0.2, 0) is 0 Å². The van der Waals surface area contributed by atoms with Crippen molar-refractivity contribution in [2.45, 2.75) is 0 Å². The SMILES string of the molecule is N#Cc1cc(Br)ccc1NC(=O)c1ccc(Cl)cc1Cl. The van der Waals surface area contributed by atoms with E-state index in [-0.39, 0.29) is 5.02 Å². The number of carbonyl (C=O) groups excluding carboxylic acids is 1. The maximum Gasteiger partial charge on any atom is 0.257 e. The molecule has 1 N–H and O–H groups in total. The van der Waals surface area contributed by atoms with Crippen molar-refractivity contribution >= 4 is 50.7 Å². The molecule has 0 aromatic heterocycles. The monoisotopic (exact) mass is 368 g/mol. The molecule has 0 unspecified atom stereocenters. The van der Waals surface area contributed by atoms with Crippen LogP contribution in [0, 0.1) is 11.3 Å². The third kappa shape index (κ3) is 3.31. The molecule has 1 amide bonds. The number of anilines is 1. The fourth-order valence-corrected chi connectivity index (χ4v) is 2.44. The third-order valence-electron chi connectivity index (χ3n) is 2.53. The van der Waals surface area contributed by atoms with Crippen LogP contribution in [0.4, 0.5) is 5.69 Å². The molecular weight excluding hydrogens is 363 g/mol. The minimum absolute atomic E-state index is 0.255. The number of hydrogen-bond acceptors (Lipinski definition) is 2. The lowest BCUT2D eigenvalue weighted by molar-refractivity contribution is 0.102. The average molecular weight is 370 g/mol. The zero-order chi connectivity index (χ0) is 14.7. The second-order valence-corrected chi connectivity index (χ2v) is 5.64. The van der Waals surface area contributed by atoms with Gasteiger partial charge in [0.15, 0.2) is 0 Å². The predicted molar refractivity (Wildman–Crippen MR) is 83.3 cm³/mol. The first-order valence-corrected chi connectivity index (χ1v) is 7.02. The molecule has 0 saturated carbocycles. The molecule has 0 bridgehead atoms. The Balaban J connectivity index is 2.31. The molecule has 2 aromatic carbocycles. The summed E-state index contributed by atoms with van der Waals surface area (Å²) in [6, 6.07) is 11.6. The third-order valence-corrected chi connectivity index (χ3v) is 3.57. The van der Waals surface area contributed by atoms with E-state index in [0.29, 0.717) is 21.8 Å². The van der Waals surface area contributed by atoms with Crippen LogP contribution in [0.1, 0.15) is 15.9 Å². The van der Waals surface area contributed by atoms with E-state index in [9.17, 15) is 4.79 Å². The molecule has 100 valence electrons. The molecule has 0 spiro atoms. The normalized spacial score (nSPS) is 9.90. The van der Waals surface area contributed by atoms with E-state index in [1.807, 2.05) is 6.07 Å². The molecular formula is C14H7BrCl2N2O. The van der Waals surface area contributed by atoms with Crippen LogP contribution in [0.15, 0.2) is 40.9 Å². The lowest BCUT2D eigenvalue weighted by Gasteiger charge is -2.08. The van der Waals surface area contributed by atoms with Gasteiger partial charge in [-0.2, -0.15) is 5.26 Å². The van der Waals surface area contributed by atoms with Crippen molar-refractivity contribution in [3.63, 3.8) is 0 Å². The van der Waals surface area contributed by atoms with Gasteiger partial charge in [0.1, 0.15) is 6.07 Å². The Bertz CT molecular complexity index is 726. The van der Waals surface area contributed by atoms with Gasteiger partial charge in [-0.25, -0.2) is 0 Å². The van der Waals surface area contributed by atoms with Gasteiger partial charge in [0.2, 0.25) is 0 Å². The lowest BCUT2D eigenvalue weighted by Crippen LogP contribution is -2.13. The Labute approximate surface area is 134 Å². The molecule has 0 saturated heterocycles. The van der Waals surface area contributed by atoms with Gasteiger partial charge >= 0.3 is 0 Å². The van der Waals surface area contributed by atoms with Gasteiger partial charge < -0.3 is 5.32 Å². The van der Waals surface area contributed by atoms with Crippen molar-refractivity contribution in [3.8, 4) is 6.07 Å². The number of carbonyl (C=O) groups is 1. The maximum atomic E-state index is 12.1. The Morgan fingerprint density at radius 1 is 1.20 bits per heavy atom. The average Bonchev–Trinajstić information content (AvgIpc) is 2.40. The molecule has 0 aliphatic heterocycles. The van der Waals surface area contributed by atoms with E-state index < -0.39 is 5.91 Å². The fourth-order valence-electron chi connectivity index (χ4n) is 1.58. The molecule has 0 aliphatic rings. The van der Waals surface area contributed by atoms with Crippen molar-refractivity contribution < 1.29 is 4.79 Å². The van der Waals surface area contributed by atoms with Crippen molar-refractivity contribution in [2.24, 2.45) is 0 Å². The van der Waals surface area contributed by atoms with E-state index in [1.165, 1.54) is 12.1 Å². The quantitative estimate of drug-likeness (QED) is 0.820. The molecule has 0 fully saturated rings. The zero-order valence-electron chi connectivity index (χ0n) is 9.95. The Kier molecular flexibility index (Phi) is 4.66. The Morgan fingerprint density at radius 2 is 1.95 bits per heavy atom. The van der Waals surface area contributed by atoms with E-state index in [0.717, 1.165) is 4.47 Å². The molecule has 0 radical (unpaired) electrons. The van der Waals surface area contributed by atoms with Gasteiger partial charge in [-0.1, -0.05) is 39.1 Å². The summed E-state index contributed by atoms with van der Waals surface area (Å²) in [5.41, 5.74) is 1.08. The van der Waals surface area contributed by atoms with Crippen LogP contribution in [0.25, 0.3) is 0 Å². The van der Waals surface area contributed by atoms with Crippen molar-refractivity contribution in [2.75, 3.05) is 5.32 Å². The lowest BCUT2D eigenvalue weighted by atomic mass is 10.1. The highest BCUT2D eigenvalue weighted by molar-refractivity contribution is 9.10. The second-order valence-electron chi connectivity index (χ2n) is 3.88. The molecule has 3 nitrogen and oxygen atoms in total. The smallest absolute Gasteiger partial charge is 0.257 e. The van der Waals surface area contributed by atoms with Gasteiger partial charge in [0, 0.05) is 9.50 Å². The number of halogens is 3. The summed E-state index contributed by atoms with van der Waals surface area (Å²) in [4.78, 5) is 12.1. The fraction of sp³-hybridized carbons (Fsp3) is 0. The summed E-state index contributed by atoms with van der Waals surface area (Å²) in [6.07, 6.45) is 0. The number of amides is 1. The number of nitriles is 1. The molecule has 2 aromatic rings. The number of hydrogen-bond donors (Lipinski definition) is 1. The minimum Gasteiger partial charge on any atom is -0.321 e. The summed E-state index contributed by atoms with van der Waals surface area (Å²) >= 11 is 15.0. The van der Waals surface area contributed by atoms with Crippen LogP contribution in [0.2, 0.25) is 10.0 Å². The topological polar surface area (TPSA) is 52.9 Å².